The van der Waals surface area contributed by atoms with Gasteiger partial charge in [-0.3, -0.25) is 9.59 Å². The third kappa shape index (κ3) is 5.60. The van der Waals surface area contributed by atoms with Crippen molar-refractivity contribution in [2.24, 2.45) is 0 Å². The Bertz CT molecular complexity index is 790. The molecular weight excluding hydrogens is 418 g/mol. The van der Waals surface area contributed by atoms with Crippen molar-refractivity contribution in [1.82, 2.24) is 14.8 Å². The van der Waals surface area contributed by atoms with E-state index in [2.05, 4.69) is 31.3 Å². The third-order valence-electron chi connectivity index (χ3n) is 2.87. The number of nitrogens with one attached hydrogen (secondary N) is 1. The van der Waals surface area contributed by atoms with Crippen LogP contribution in [0.4, 0.5) is 10.9 Å². The smallest absolute Gasteiger partial charge is 0.404 e. The van der Waals surface area contributed by atoms with Crippen molar-refractivity contribution in [2.45, 2.75) is 26.3 Å². The van der Waals surface area contributed by atoms with E-state index in [1.54, 1.807) is 12.3 Å². The number of ether oxygens (including phenoxy) is 1. The Morgan fingerprint density at radius 1 is 1.52 bits per heavy atom. The standard InChI is InChI=1S/C13H14BrN5O5S/c1-2-24-11(21)5-8-7-25-13(15-8)16-10(20)3-4-18-6-9(14)12(17-18)19(22)23/h6-7H,2-5H2,1H3,(H,15,16,20). The van der Waals surface area contributed by atoms with E-state index in [0.717, 1.165) is 0 Å². The maximum absolute atomic E-state index is 11.9. The van der Waals surface area contributed by atoms with E-state index in [-0.39, 0.29) is 41.6 Å². The molecule has 0 aliphatic carbocycles. The predicted octanol–water partition coefficient (Wildman–Crippen LogP) is 2.14. The van der Waals surface area contributed by atoms with Gasteiger partial charge in [0.25, 0.3) is 0 Å². The Morgan fingerprint density at radius 2 is 2.28 bits per heavy atom. The van der Waals surface area contributed by atoms with Crippen molar-refractivity contribution in [3.63, 3.8) is 0 Å². The number of carbonyl (C=O) groups excluding carboxylic acids is 2. The Kier molecular flexibility index (Phi) is 6.58. The molecule has 0 unspecified atom stereocenters. The average Bonchev–Trinajstić information content (AvgIpc) is 3.12. The van der Waals surface area contributed by atoms with Gasteiger partial charge in [-0.05, 0) is 27.8 Å². The minimum Gasteiger partial charge on any atom is -0.466 e. The first-order valence-corrected chi connectivity index (χ1v) is 8.83. The fourth-order valence-electron chi connectivity index (χ4n) is 1.83. The average molecular weight is 432 g/mol. The monoisotopic (exact) mass is 431 g/mol. The van der Waals surface area contributed by atoms with Crippen LogP contribution in [-0.2, 0) is 27.3 Å². The molecule has 1 N–H and O–H groups in total. The van der Waals surface area contributed by atoms with Crippen LogP contribution in [0.1, 0.15) is 19.0 Å². The minimum absolute atomic E-state index is 0.0468. The molecule has 134 valence electrons. The number of aromatic nitrogens is 3. The maximum atomic E-state index is 11.9. The highest BCUT2D eigenvalue weighted by Gasteiger charge is 2.19. The van der Waals surface area contributed by atoms with Gasteiger partial charge in [0.1, 0.15) is 4.47 Å². The summed E-state index contributed by atoms with van der Waals surface area (Å²) in [6.07, 6.45) is 1.55. The van der Waals surface area contributed by atoms with Crippen molar-refractivity contribution in [1.29, 1.82) is 0 Å². The molecule has 0 atom stereocenters. The first kappa shape index (κ1) is 19.0. The van der Waals surface area contributed by atoms with E-state index in [1.807, 2.05) is 0 Å². The van der Waals surface area contributed by atoms with Crippen molar-refractivity contribution in [2.75, 3.05) is 11.9 Å². The van der Waals surface area contributed by atoms with E-state index in [4.69, 9.17) is 4.74 Å². The molecule has 2 aromatic heterocycles. The van der Waals surface area contributed by atoms with Gasteiger partial charge >= 0.3 is 11.8 Å². The van der Waals surface area contributed by atoms with Gasteiger partial charge in [0, 0.05) is 11.8 Å². The Labute approximate surface area is 154 Å². The van der Waals surface area contributed by atoms with Crippen LogP contribution >= 0.6 is 27.3 Å². The van der Waals surface area contributed by atoms with Gasteiger partial charge in [-0.25, -0.2) is 4.98 Å². The van der Waals surface area contributed by atoms with Gasteiger partial charge < -0.3 is 20.2 Å². The van der Waals surface area contributed by atoms with Gasteiger partial charge in [0.15, 0.2) is 5.13 Å². The summed E-state index contributed by atoms with van der Waals surface area (Å²) in [6, 6.07) is 0. The number of nitrogens with zero attached hydrogens (tertiary/aromatic N) is 4. The number of anilines is 1. The quantitative estimate of drug-likeness (QED) is 0.384. The lowest BCUT2D eigenvalue weighted by atomic mass is 10.3. The van der Waals surface area contributed by atoms with Gasteiger partial charge in [0.05, 0.1) is 36.6 Å². The summed E-state index contributed by atoms with van der Waals surface area (Å²) in [5.41, 5.74) is 0.519. The number of hydrogen-bond acceptors (Lipinski definition) is 8. The molecule has 0 fully saturated rings. The SMILES string of the molecule is CCOC(=O)Cc1csc(NC(=O)CCn2cc(Br)c([N+](=O)[O-])n2)n1. The second-order valence-corrected chi connectivity index (χ2v) is 6.46. The summed E-state index contributed by atoms with van der Waals surface area (Å²) in [6.45, 7) is 2.20. The first-order valence-electron chi connectivity index (χ1n) is 7.16. The lowest BCUT2D eigenvalue weighted by Crippen LogP contribution is -2.15. The van der Waals surface area contributed by atoms with E-state index in [1.165, 1.54) is 22.2 Å². The predicted molar refractivity (Wildman–Crippen MR) is 92.3 cm³/mol. The zero-order chi connectivity index (χ0) is 18.4. The topological polar surface area (TPSA) is 129 Å². The molecule has 0 aliphatic heterocycles. The van der Waals surface area contributed by atoms with Crippen LogP contribution in [0.25, 0.3) is 0 Å². The van der Waals surface area contributed by atoms with E-state index < -0.39 is 4.92 Å². The van der Waals surface area contributed by atoms with Crippen LogP contribution in [0, 0.1) is 10.1 Å². The van der Waals surface area contributed by atoms with Gasteiger partial charge in [-0.2, -0.15) is 4.68 Å². The Hall–Kier alpha value is -2.34. The number of rotatable bonds is 8. The van der Waals surface area contributed by atoms with Crippen LogP contribution < -0.4 is 5.32 Å². The molecule has 0 aromatic carbocycles. The Balaban J connectivity index is 1.84. The fourth-order valence-corrected chi connectivity index (χ4v) is 3.02. The van der Waals surface area contributed by atoms with Crippen molar-refractivity contribution >= 4 is 50.1 Å². The largest absolute Gasteiger partial charge is 0.466 e. The summed E-state index contributed by atoms with van der Waals surface area (Å²) in [5, 5.41) is 19.1. The van der Waals surface area contributed by atoms with Crippen molar-refractivity contribution < 1.29 is 19.2 Å². The summed E-state index contributed by atoms with van der Waals surface area (Å²) in [4.78, 5) is 37.5. The molecule has 10 nitrogen and oxygen atoms in total. The van der Waals surface area contributed by atoms with Crippen LogP contribution in [0.3, 0.4) is 0 Å². The first-order chi connectivity index (χ1) is 11.9. The second-order valence-electron chi connectivity index (χ2n) is 4.74. The maximum Gasteiger partial charge on any atom is 0.404 e. The molecule has 0 bridgehead atoms. The molecule has 2 rings (SSSR count). The molecular formula is C13H14BrN5O5S. The molecule has 0 aliphatic rings. The minimum atomic E-state index is -0.610. The summed E-state index contributed by atoms with van der Waals surface area (Å²) in [5.74, 6) is -0.994. The lowest BCUT2D eigenvalue weighted by molar-refractivity contribution is -0.390. The molecule has 0 spiro atoms. The Morgan fingerprint density at radius 3 is 2.92 bits per heavy atom. The van der Waals surface area contributed by atoms with Gasteiger partial charge in [0.2, 0.25) is 5.91 Å². The number of carbonyl (C=O) groups is 2. The normalized spacial score (nSPS) is 10.5. The van der Waals surface area contributed by atoms with Crippen molar-refractivity contribution in [3.8, 4) is 0 Å². The van der Waals surface area contributed by atoms with Crippen LogP contribution in [0.5, 0.6) is 0 Å². The highest BCUT2D eigenvalue weighted by atomic mass is 79.9. The number of thiazole rings is 1. The zero-order valence-electron chi connectivity index (χ0n) is 13.1. The molecule has 2 aromatic rings. The molecule has 0 saturated heterocycles. The van der Waals surface area contributed by atoms with Crippen molar-refractivity contribution in [3.05, 3.63) is 31.9 Å². The molecule has 1 amide bonds. The number of nitro groups is 1. The zero-order valence-corrected chi connectivity index (χ0v) is 15.5. The highest BCUT2D eigenvalue weighted by molar-refractivity contribution is 9.10. The number of hydrogen-bond donors (Lipinski definition) is 1. The second kappa shape index (κ2) is 8.67. The molecule has 0 saturated carbocycles. The number of halogens is 1. The number of aryl methyl sites for hydroxylation is 1. The van der Waals surface area contributed by atoms with Crippen LogP contribution in [0.2, 0.25) is 0 Å². The van der Waals surface area contributed by atoms with Crippen LogP contribution in [0.15, 0.2) is 16.0 Å². The molecule has 0 radical (unpaired) electrons. The lowest BCUT2D eigenvalue weighted by Gasteiger charge is -2.00. The highest BCUT2D eigenvalue weighted by Crippen LogP contribution is 2.22. The fraction of sp³-hybridized carbons (Fsp3) is 0.385. The third-order valence-corrected chi connectivity index (χ3v) is 4.23. The van der Waals surface area contributed by atoms with E-state index in [0.29, 0.717) is 17.4 Å². The number of amides is 1. The molecule has 25 heavy (non-hydrogen) atoms. The van der Waals surface area contributed by atoms with E-state index in [9.17, 15) is 19.7 Å². The molecule has 2 heterocycles. The number of esters is 1. The van der Waals surface area contributed by atoms with Crippen LogP contribution in [-0.4, -0.2) is 38.2 Å². The summed E-state index contributed by atoms with van der Waals surface area (Å²) < 4.78 is 6.40. The van der Waals surface area contributed by atoms with Gasteiger partial charge in [-0.1, -0.05) is 0 Å². The molecule has 12 heteroatoms. The summed E-state index contributed by atoms with van der Waals surface area (Å²) in [7, 11) is 0. The van der Waals surface area contributed by atoms with E-state index >= 15 is 0 Å². The van der Waals surface area contributed by atoms with Gasteiger partial charge in [-0.15, -0.1) is 11.3 Å². The summed E-state index contributed by atoms with van der Waals surface area (Å²) >= 11 is 4.24.